The van der Waals surface area contributed by atoms with E-state index in [1.54, 1.807) is 30.3 Å². The average Bonchev–Trinajstić information content (AvgIpc) is 3.17. The molecule has 3 amide bonds. The maximum absolute atomic E-state index is 12.1. The number of carbonyl (C=O) groups excluding carboxylic acids is 2. The summed E-state index contributed by atoms with van der Waals surface area (Å²) < 4.78 is 5.37. The van der Waals surface area contributed by atoms with Crippen molar-refractivity contribution < 1.29 is 14.3 Å². The van der Waals surface area contributed by atoms with E-state index in [1.807, 2.05) is 18.2 Å². The van der Waals surface area contributed by atoms with Crippen LogP contribution >= 0.6 is 11.6 Å². The molecule has 136 valence electrons. The third kappa shape index (κ3) is 4.97. The number of halogens is 1. The lowest BCUT2D eigenvalue weighted by molar-refractivity contribution is -0.124. The van der Waals surface area contributed by atoms with Gasteiger partial charge in [0.05, 0.1) is 10.7 Å². The number of benzene rings is 2. The highest BCUT2D eigenvalue weighted by molar-refractivity contribution is 6.33. The van der Waals surface area contributed by atoms with Gasteiger partial charge in [-0.05, 0) is 42.7 Å². The zero-order valence-electron chi connectivity index (χ0n) is 14.1. The van der Waals surface area contributed by atoms with Crippen molar-refractivity contribution in [2.75, 3.05) is 17.2 Å². The van der Waals surface area contributed by atoms with E-state index in [4.69, 9.17) is 16.3 Å². The predicted octanol–water partition coefficient (Wildman–Crippen LogP) is 3.78. The van der Waals surface area contributed by atoms with Crippen LogP contribution in [-0.4, -0.2) is 24.6 Å². The molecule has 26 heavy (non-hydrogen) atoms. The molecule has 6 nitrogen and oxygen atoms in total. The number of urea groups is 1. The Kier molecular flexibility index (Phi) is 6.09. The van der Waals surface area contributed by atoms with Crippen LogP contribution in [0.3, 0.4) is 0 Å². The molecule has 0 bridgehead atoms. The van der Waals surface area contributed by atoms with Crippen LogP contribution in [0.2, 0.25) is 5.02 Å². The Bertz CT molecular complexity index is 791. The molecular weight excluding hydrogens is 354 g/mol. The molecule has 2 aromatic rings. The molecule has 1 aliphatic rings. The maximum Gasteiger partial charge on any atom is 0.319 e. The lowest BCUT2D eigenvalue weighted by atomic mass is 10.2. The Morgan fingerprint density at radius 3 is 2.73 bits per heavy atom. The monoisotopic (exact) mass is 373 g/mol. The highest BCUT2D eigenvalue weighted by Gasteiger charge is 2.23. The van der Waals surface area contributed by atoms with Crippen molar-refractivity contribution >= 4 is 34.9 Å². The van der Waals surface area contributed by atoms with Gasteiger partial charge in [0.25, 0.3) is 5.91 Å². The Morgan fingerprint density at radius 1 is 1.12 bits per heavy atom. The molecule has 0 unspecified atom stereocenters. The third-order valence-electron chi connectivity index (χ3n) is 3.99. The summed E-state index contributed by atoms with van der Waals surface area (Å²) in [4.78, 5) is 24.1. The highest BCUT2D eigenvalue weighted by Crippen LogP contribution is 2.20. The van der Waals surface area contributed by atoms with E-state index in [9.17, 15) is 9.59 Å². The minimum absolute atomic E-state index is 0.135. The maximum atomic E-state index is 12.1. The van der Waals surface area contributed by atoms with Gasteiger partial charge in [-0.15, -0.1) is 0 Å². The van der Waals surface area contributed by atoms with Crippen LogP contribution in [0.25, 0.3) is 0 Å². The third-order valence-corrected chi connectivity index (χ3v) is 4.32. The molecule has 0 radical (unpaired) electrons. The molecule has 0 aliphatic carbocycles. The van der Waals surface area contributed by atoms with Crippen molar-refractivity contribution in [1.82, 2.24) is 5.32 Å². The second kappa shape index (κ2) is 8.69. The first-order valence-corrected chi connectivity index (χ1v) is 8.80. The molecule has 1 aliphatic heterocycles. The molecular formula is C19H20ClN3O3. The van der Waals surface area contributed by atoms with E-state index in [1.165, 1.54) is 0 Å². The van der Waals surface area contributed by atoms with Crippen molar-refractivity contribution in [2.24, 2.45) is 0 Å². The van der Waals surface area contributed by atoms with Crippen LogP contribution < -0.4 is 16.0 Å². The van der Waals surface area contributed by atoms with Gasteiger partial charge in [0.2, 0.25) is 0 Å². The highest BCUT2D eigenvalue weighted by atomic mass is 35.5. The Labute approximate surface area is 156 Å². The average molecular weight is 374 g/mol. The van der Waals surface area contributed by atoms with Gasteiger partial charge in [-0.2, -0.15) is 0 Å². The summed E-state index contributed by atoms with van der Waals surface area (Å²) in [6, 6.07) is 14.0. The first-order chi connectivity index (χ1) is 12.6. The Morgan fingerprint density at radius 2 is 1.96 bits per heavy atom. The SMILES string of the molecule is O=C(NCc1cccc(NC(=O)[C@H]2CCCO2)c1)Nc1ccccc1Cl. The van der Waals surface area contributed by atoms with E-state index < -0.39 is 0 Å². The second-order valence-corrected chi connectivity index (χ2v) is 6.39. The minimum atomic E-state index is -0.377. The molecule has 0 aromatic heterocycles. The fraction of sp³-hybridized carbons (Fsp3) is 0.263. The van der Waals surface area contributed by atoms with E-state index in [-0.39, 0.29) is 18.0 Å². The lowest BCUT2D eigenvalue weighted by Crippen LogP contribution is -2.28. The number of carbonyl (C=O) groups is 2. The summed E-state index contributed by atoms with van der Waals surface area (Å²) in [5.74, 6) is -0.135. The van der Waals surface area contributed by atoms with Crippen molar-refractivity contribution in [1.29, 1.82) is 0 Å². The van der Waals surface area contributed by atoms with Crippen LogP contribution in [0.15, 0.2) is 48.5 Å². The number of anilines is 2. The lowest BCUT2D eigenvalue weighted by Gasteiger charge is -2.12. The van der Waals surface area contributed by atoms with E-state index in [2.05, 4.69) is 16.0 Å². The topological polar surface area (TPSA) is 79.5 Å². The molecule has 1 fully saturated rings. The smallest absolute Gasteiger partial charge is 0.319 e. The van der Waals surface area contributed by atoms with Crippen LogP contribution in [-0.2, 0) is 16.1 Å². The number of para-hydroxylation sites is 1. The van der Waals surface area contributed by atoms with Gasteiger partial charge in [-0.1, -0.05) is 35.9 Å². The van der Waals surface area contributed by atoms with E-state index in [0.29, 0.717) is 29.5 Å². The molecule has 0 saturated carbocycles. The zero-order chi connectivity index (χ0) is 18.4. The number of hydrogen-bond acceptors (Lipinski definition) is 3. The number of nitrogens with one attached hydrogen (secondary N) is 3. The van der Waals surface area contributed by atoms with Gasteiger partial charge in [0.15, 0.2) is 0 Å². The molecule has 1 saturated heterocycles. The van der Waals surface area contributed by atoms with Crippen molar-refractivity contribution in [3.05, 3.63) is 59.1 Å². The summed E-state index contributed by atoms with van der Waals surface area (Å²) in [5.41, 5.74) is 2.09. The molecule has 7 heteroatoms. The normalized spacial score (nSPS) is 16.1. The van der Waals surface area contributed by atoms with Gasteiger partial charge in [0, 0.05) is 18.8 Å². The standard InChI is InChI=1S/C19H20ClN3O3/c20-15-7-1-2-8-16(15)23-19(25)21-12-13-5-3-6-14(11-13)22-18(24)17-9-4-10-26-17/h1-3,5-8,11,17H,4,9-10,12H2,(H,22,24)(H2,21,23,25)/t17-/m1/s1. The quantitative estimate of drug-likeness (QED) is 0.746. The molecule has 2 aromatic carbocycles. The summed E-state index contributed by atoms with van der Waals surface area (Å²) in [6.07, 6.45) is 1.27. The number of amides is 3. The number of rotatable bonds is 5. The van der Waals surface area contributed by atoms with E-state index in [0.717, 1.165) is 18.4 Å². The number of ether oxygens (including phenoxy) is 1. The van der Waals surface area contributed by atoms with Crippen molar-refractivity contribution in [2.45, 2.75) is 25.5 Å². The van der Waals surface area contributed by atoms with Crippen molar-refractivity contribution in [3.8, 4) is 0 Å². The summed E-state index contributed by atoms with van der Waals surface area (Å²) in [5, 5.41) is 8.78. The molecule has 1 atom stereocenters. The number of hydrogen-bond donors (Lipinski definition) is 3. The fourth-order valence-corrected chi connectivity index (χ4v) is 2.86. The largest absolute Gasteiger partial charge is 0.368 e. The minimum Gasteiger partial charge on any atom is -0.368 e. The van der Waals surface area contributed by atoms with Gasteiger partial charge in [-0.25, -0.2) is 4.79 Å². The molecule has 3 N–H and O–H groups in total. The van der Waals surface area contributed by atoms with Gasteiger partial charge < -0.3 is 20.7 Å². The van der Waals surface area contributed by atoms with Crippen LogP contribution in [0, 0.1) is 0 Å². The van der Waals surface area contributed by atoms with Gasteiger partial charge in [-0.3, -0.25) is 4.79 Å². The zero-order valence-corrected chi connectivity index (χ0v) is 14.9. The summed E-state index contributed by atoms with van der Waals surface area (Å²) in [7, 11) is 0. The fourth-order valence-electron chi connectivity index (χ4n) is 2.68. The Balaban J connectivity index is 1.52. The van der Waals surface area contributed by atoms with Crippen LogP contribution in [0.5, 0.6) is 0 Å². The van der Waals surface area contributed by atoms with Crippen LogP contribution in [0.4, 0.5) is 16.2 Å². The first kappa shape index (κ1) is 18.2. The summed E-state index contributed by atoms with van der Waals surface area (Å²) >= 11 is 6.02. The van der Waals surface area contributed by atoms with Gasteiger partial charge >= 0.3 is 6.03 Å². The van der Waals surface area contributed by atoms with Gasteiger partial charge in [0.1, 0.15) is 6.10 Å². The van der Waals surface area contributed by atoms with E-state index >= 15 is 0 Å². The first-order valence-electron chi connectivity index (χ1n) is 8.42. The second-order valence-electron chi connectivity index (χ2n) is 5.98. The predicted molar refractivity (Wildman–Crippen MR) is 101 cm³/mol. The molecule has 1 heterocycles. The van der Waals surface area contributed by atoms with Crippen LogP contribution in [0.1, 0.15) is 18.4 Å². The Hall–Kier alpha value is -2.57. The summed E-state index contributed by atoms with van der Waals surface area (Å²) in [6.45, 7) is 0.947. The van der Waals surface area contributed by atoms with Crippen molar-refractivity contribution in [3.63, 3.8) is 0 Å². The molecule has 3 rings (SSSR count). The molecule has 0 spiro atoms.